The van der Waals surface area contributed by atoms with Gasteiger partial charge in [-0.15, -0.1) is 11.3 Å². The van der Waals surface area contributed by atoms with Crippen LogP contribution in [0.1, 0.15) is 24.8 Å². The van der Waals surface area contributed by atoms with Crippen molar-refractivity contribution >= 4 is 34.5 Å². The zero-order chi connectivity index (χ0) is 20.4. The van der Waals surface area contributed by atoms with Crippen LogP contribution in [0.2, 0.25) is 5.02 Å². The van der Waals surface area contributed by atoms with Crippen LogP contribution in [0.25, 0.3) is 10.4 Å². The summed E-state index contributed by atoms with van der Waals surface area (Å²) in [5.41, 5.74) is 7.95. The molecule has 0 aliphatic carbocycles. The number of thiophene rings is 1. The summed E-state index contributed by atoms with van der Waals surface area (Å²) in [6.45, 7) is 3.79. The van der Waals surface area contributed by atoms with Crippen LogP contribution in [0, 0.1) is 17.7 Å². The van der Waals surface area contributed by atoms with Crippen molar-refractivity contribution in [3.8, 4) is 10.4 Å². The quantitative estimate of drug-likeness (QED) is 0.598. The number of hydrogen-bond acceptors (Lipinski definition) is 4. The molecule has 0 saturated heterocycles. The number of aryl methyl sites for hydroxylation is 1. The van der Waals surface area contributed by atoms with Crippen LogP contribution in [0.15, 0.2) is 42.7 Å². The molecular formula is C20H22ClFN4OS. The molecule has 3 rings (SSSR count). The Balaban J connectivity index is 1.68. The zero-order valence-corrected chi connectivity index (χ0v) is 17.4. The van der Waals surface area contributed by atoms with Gasteiger partial charge in [-0.25, -0.2) is 4.39 Å². The highest BCUT2D eigenvalue weighted by atomic mass is 35.5. The maximum Gasteiger partial charge on any atom is 0.227 e. The second-order valence-electron chi connectivity index (χ2n) is 6.90. The number of rotatable bonds is 6. The highest BCUT2D eigenvalue weighted by Crippen LogP contribution is 2.35. The minimum Gasteiger partial charge on any atom is -0.326 e. The molecule has 8 heteroatoms. The number of aromatic nitrogens is 2. The van der Waals surface area contributed by atoms with E-state index in [0.29, 0.717) is 5.69 Å². The molecule has 0 spiro atoms. The molecule has 1 aromatic carbocycles. The Hall–Kier alpha value is -2.22. The summed E-state index contributed by atoms with van der Waals surface area (Å²) in [6.07, 6.45) is 3.77. The molecule has 0 radical (unpaired) electrons. The van der Waals surface area contributed by atoms with E-state index in [1.165, 1.54) is 18.2 Å². The third kappa shape index (κ3) is 4.43. The van der Waals surface area contributed by atoms with E-state index in [9.17, 15) is 9.18 Å². The minimum absolute atomic E-state index is 0.0308. The number of carbonyl (C=O) groups excluding carboxylic acids is 1. The number of benzene rings is 1. The molecule has 0 fully saturated rings. The lowest BCUT2D eigenvalue weighted by atomic mass is 9.88. The van der Waals surface area contributed by atoms with Gasteiger partial charge in [-0.3, -0.25) is 9.48 Å². The normalized spacial score (nSPS) is 14.5. The molecule has 5 nitrogen and oxygen atoms in total. The lowest BCUT2D eigenvalue weighted by Crippen LogP contribution is -2.32. The summed E-state index contributed by atoms with van der Waals surface area (Å²) in [5.74, 6) is -1.15. The maximum absolute atomic E-state index is 13.3. The molecular weight excluding hydrogens is 399 g/mol. The van der Waals surface area contributed by atoms with E-state index in [1.807, 2.05) is 45.4 Å². The van der Waals surface area contributed by atoms with Gasteiger partial charge in [0.1, 0.15) is 5.82 Å². The van der Waals surface area contributed by atoms with Gasteiger partial charge in [0, 0.05) is 46.2 Å². The summed E-state index contributed by atoms with van der Waals surface area (Å²) in [7, 11) is 1.88. The zero-order valence-electron chi connectivity index (χ0n) is 15.8. The summed E-state index contributed by atoms with van der Waals surface area (Å²) in [5, 5.41) is 6.94. The van der Waals surface area contributed by atoms with Crippen LogP contribution in [0.5, 0.6) is 0 Å². The third-order valence-corrected chi connectivity index (χ3v) is 6.43. The summed E-state index contributed by atoms with van der Waals surface area (Å²) < 4.78 is 15.0. The van der Waals surface area contributed by atoms with Gasteiger partial charge in [0.25, 0.3) is 0 Å². The predicted octanol–water partition coefficient (Wildman–Crippen LogP) is 4.85. The number of amides is 1. The fraction of sp³-hybridized carbons (Fsp3) is 0.300. The molecule has 3 aromatic rings. The van der Waals surface area contributed by atoms with Gasteiger partial charge in [-0.1, -0.05) is 25.4 Å². The van der Waals surface area contributed by atoms with Crippen molar-refractivity contribution < 1.29 is 9.18 Å². The van der Waals surface area contributed by atoms with Gasteiger partial charge < -0.3 is 11.1 Å². The molecule has 0 aliphatic heterocycles. The van der Waals surface area contributed by atoms with Crippen molar-refractivity contribution in [2.75, 3.05) is 5.32 Å². The molecule has 148 valence electrons. The molecule has 0 aliphatic rings. The van der Waals surface area contributed by atoms with Crippen LogP contribution in [-0.4, -0.2) is 15.7 Å². The molecule has 2 aromatic heterocycles. The second kappa shape index (κ2) is 8.43. The largest absolute Gasteiger partial charge is 0.326 e. The topological polar surface area (TPSA) is 72.9 Å². The first-order valence-electron chi connectivity index (χ1n) is 8.86. The van der Waals surface area contributed by atoms with Gasteiger partial charge in [-0.2, -0.15) is 5.10 Å². The predicted molar refractivity (Wildman–Crippen MR) is 112 cm³/mol. The van der Waals surface area contributed by atoms with E-state index >= 15 is 0 Å². The van der Waals surface area contributed by atoms with E-state index in [4.69, 9.17) is 17.3 Å². The highest BCUT2D eigenvalue weighted by Gasteiger charge is 2.27. The molecule has 0 bridgehead atoms. The van der Waals surface area contributed by atoms with Crippen molar-refractivity contribution in [2.24, 2.45) is 24.6 Å². The fourth-order valence-corrected chi connectivity index (χ4v) is 4.16. The molecule has 2 heterocycles. The van der Waals surface area contributed by atoms with Gasteiger partial charge in [0.15, 0.2) is 0 Å². The molecule has 3 unspecified atom stereocenters. The first-order valence-corrected chi connectivity index (χ1v) is 10.1. The minimum atomic E-state index is -0.523. The standard InChI is InChI=1S/C20H22ClFN4OS/c1-11(12(2)20(27)25-14-4-5-16(22)15(21)8-14)19(23)18-7-6-17(28-18)13-9-24-26(3)10-13/h4-12,19H,23H2,1-3H3,(H,25,27). The van der Waals surface area contributed by atoms with Crippen molar-refractivity contribution in [1.82, 2.24) is 9.78 Å². The number of hydrogen-bond donors (Lipinski definition) is 2. The summed E-state index contributed by atoms with van der Waals surface area (Å²) >= 11 is 7.38. The summed E-state index contributed by atoms with van der Waals surface area (Å²) in [6, 6.07) is 7.84. The van der Waals surface area contributed by atoms with Gasteiger partial charge in [-0.05, 0) is 36.2 Å². The van der Waals surface area contributed by atoms with Crippen molar-refractivity contribution in [3.63, 3.8) is 0 Å². The Bertz CT molecular complexity index is 986. The van der Waals surface area contributed by atoms with Gasteiger partial charge >= 0.3 is 0 Å². The van der Waals surface area contributed by atoms with Crippen LogP contribution in [-0.2, 0) is 11.8 Å². The first kappa shape index (κ1) is 20.5. The highest BCUT2D eigenvalue weighted by molar-refractivity contribution is 7.15. The Morgan fingerprint density at radius 1 is 1.32 bits per heavy atom. The Morgan fingerprint density at radius 2 is 2.07 bits per heavy atom. The molecule has 3 N–H and O–H groups in total. The number of nitrogens with zero attached hydrogens (tertiary/aromatic N) is 2. The Kier molecular flexibility index (Phi) is 6.17. The molecule has 3 atom stereocenters. The van der Waals surface area contributed by atoms with Crippen LogP contribution >= 0.6 is 22.9 Å². The van der Waals surface area contributed by atoms with E-state index in [0.717, 1.165) is 15.3 Å². The molecule has 0 saturated carbocycles. The van der Waals surface area contributed by atoms with Gasteiger partial charge in [0.2, 0.25) is 5.91 Å². The second-order valence-corrected chi connectivity index (χ2v) is 8.42. The van der Waals surface area contributed by atoms with Crippen LogP contribution < -0.4 is 11.1 Å². The Labute approximate surface area is 172 Å². The smallest absolute Gasteiger partial charge is 0.227 e. The van der Waals surface area contributed by atoms with Crippen molar-refractivity contribution in [1.29, 1.82) is 0 Å². The average Bonchev–Trinajstić information content (AvgIpc) is 3.32. The monoisotopic (exact) mass is 420 g/mol. The fourth-order valence-electron chi connectivity index (χ4n) is 2.87. The van der Waals surface area contributed by atoms with E-state index in [2.05, 4.69) is 10.4 Å². The van der Waals surface area contributed by atoms with Crippen LogP contribution in [0.4, 0.5) is 10.1 Å². The van der Waals surface area contributed by atoms with E-state index in [-0.39, 0.29) is 28.8 Å². The summed E-state index contributed by atoms with van der Waals surface area (Å²) in [4.78, 5) is 14.7. The van der Waals surface area contributed by atoms with E-state index < -0.39 is 5.82 Å². The molecule has 1 amide bonds. The third-order valence-electron chi connectivity index (χ3n) is 4.90. The Morgan fingerprint density at radius 3 is 2.71 bits per heavy atom. The SMILES string of the molecule is CC(C(=O)Nc1ccc(F)c(Cl)c1)C(C)C(N)c1ccc(-c2cnn(C)c2)s1. The lowest BCUT2D eigenvalue weighted by molar-refractivity contribution is -0.121. The van der Waals surface area contributed by atoms with Crippen molar-refractivity contribution in [3.05, 3.63) is 58.4 Å². The van der Waals surface area contributed by atoms with Gasteiger partial charge in [0.05, 0.1) is 11.2 Å². The number of nitrogens with one attached hydrogen (secondary N) is 1. The number of halogens is 2. The van der Waals surface area contributed by atoms with Crippen molar-refractivity contribution in [2.45, 2.75) is 19.9 Å². The average molecular weight is 421 g/mol. The number of carbonyl (C=O) groups is 1. The number of nitrogens with two attached hydrogens (primary N) is 1. The maximum atomic E-state index is 13.3. The van der Waals surface area contributed by atoms with E-state index in [1.54, 1.807) is 16.0 Å². The number of anilines is 1. The first-order chi connectivity index (χ1) is 13.3. The lowest BCUT2D eigenvalue weighted by Gasteiger charge is -2.24. The molecule has 28 heavy (non-hydrogen) atoms. The van der Waals surface area contributed by atoms with Crippen LogP contribution in [0.3, 0.4) is 0 Å².